The normalized spacial score (nSPS) is 29.8. The molecule has 1 rings (SSSR count). The Balaban J connectivity index is 2.37. The SMILES string of the molecule is CC(C)CC1CCCC(N)(CCCC(C)(C)C)C1. The zero-order valence-corrected chi connectivity index (χ0v) is 13.4. The molecule has 1 aliphatic rings. The average Bonchev–Trinajstić information content (AvgIpc) is 2.13. The minimum absolute atomic E-state index is 0.156. The standard InChI is InChI=1S/C17H35N/c1-14(2)12-15-8-6-10-17(18,13-15)11-7-9-16(3,4)5/h14-15H,6-13,18H2,1-5H3. The molecule has 0 heterocycles. The molecule has 0 aromatic heterocycles. The third-order valence-corrected chi connectivity index (χ3v) is 4.39. The van der Waals surface area contributed by atoms with Crippen LogP contribution >= 0.6 is 0 Å². The van der Waals surface area contributed by atoms with Gasteiger partial charge in [-0.2, -0.15) is 0 Å². The summed E-state index contributed by atoms with van der Waals surface area (Å²) in [6.45, 7) is 11.7. The van der Waals surface area contributed by atoms with Crippen molar-refractivity contribution < 1.29 is 0 Å². The van der Waals surface area contributed by atoms with Gasteiger partial charge in [0, 0.05) is 5.54 Å². The topological polar surface area (TPSA) is 26.0 Å². The third kappa shape index (κ3) is 6.22. The van der Waals surface area contributed by atoms with E-state index in [4.69, 9.17) is 5.73 Å². The molecule has 18 heavy (non-hydrogen) atoms. The maximum Gasteiger partial charge on any atom is 0.0157 e. The van der Waals surface area contributed by atoms with Gasteiger partial charge in [-0.3, -0.25) is 0 Å². The smallest absolute Gasteiger partial charge is 0.0157 e. The monoisotopic (exact) mass is 253 g/mol. The van der Waals surface area contributed by atoms with E-state index in [1.807, 2.05) is 0 Å². The second-order valence-electron chi connectivity index (χ2n) is 8.37. The Morgan fingerprint density at radius 3 is 2.50 bits per heavy atom. The molecule has 0 aromatic rings. The highest BCUT2D eigenvalue weighted by atomic mass is 14.7. The minimum Gasteiger partial charge on any atom is -0.325 e. The van der Waals surface area contributed by atoms with Crippen molar-refractivity contribution in [1.82, 2.24) is 0 Å². The molecule has 2 N–H and O–H groups in total. The minimum atomic E-state index is 0.156. The second kappa shape index (κ2) is 6.41. The lowest BCUT2D eigenvalue weighted by Gasteiger charge is -2.39. The van der Waals surface area contributed by atoms with Crippen molar-refractivity contribution in [3.05, 3.63) is 0 Å². The van der Waals surface area contributed by atoms with E-state index in [0.29, 0.717) is 5.41 Å². The van der Waals surface area contributed by atoms with E-state index in [-0.39, 0.29) is 5.54 Å². The van der Waals surface area contributed by atoms with Crippen LogP contribution in [0.4, 0.5) is 0 Å². The Hall–Kier alpha value is -0.0400. The van der Waals surface area contributed by atoms with Crippen molar-refractivity contribution in [2.75, 3.05) is 0 Å². The largest absolute Gasteiger partial charge is 0.325 e. The Morgan fingerprint density at radius 2 is 1.94 bits per heavy atom. The lowest BCUT2D eigenvalue weighted by molar-refractivity contribution is 0.182. The molecule has 2 unspecified atom stereocenters. The van der Waals surface area contributed by atoms with E-state index in [1.165, 1.54) is 51.4 Å². The fraction of sp³-hybridized carbons (Fsp3) is 1.00. The van der Waals surface area contributed by atoms with Crippen LogP contribution in [-0.4, -0.2) is 5.54 Å². The summed E-state index contributed by atoms with van der Waals surface area (Å²) in [5.41, 5.74) is 7.27. The van der Waals surface area contributed by atoms with Gasteiger partial charge in [-0.05, 0) is 49.4 Å². The summed E-state index contributed by atoms with van der Waals surface area (Å²) >= 11 is 0. The summed E-state index contributed by atoms with van der Waals surface area (Å²) < 4.78 is 0. The van der Waals surface area contributed by atoms with Gasteiger partial charge in [0.15, 0.2) is 0 Å². The van der Waals surface area contributed by atoms with Crippen molar-refractivity contribution in [2.45, 2.75) is 91.5 Å². The molecule has 2 atom stereocenters. The molecular formula is C17H35N. The van der Waals surface area contributed by atoms with Crippen molar-refractivity contribution in [1.29, 1.82) is 0 Å². The van der Waals surface area contributed by atoms with Gasteiger partial charge in [0.25, 0.3) is 0 Å². The number of rotatable bonds is 5. The van der Waals surface area contributed by atoms with Gasteiger partial charge >= 0.3 is 0 Å². The fourth-order valence-electron chi connectivity index (χ4n) is 3.59. The quantitative estimate of drug-likeness (QED) is 0.721. The second-order valence-corrected chi connectivity index (χ2v) is 8.37. The third-order valence-electron chi connectivity index (χ3n) is 4.39. The number of hydrogen-bond acceptors (Lipinski definition) is 1. The van der Waals surface area contributed by atoms with Gasteiger partial charge in [-0.25, -0.2) is 0 Å². The van der Waals surface area contributed by atoms with Gasteiger partial charge < -0.3 is 5.73 Å². The highest BCUT2D eigenvalue weighted by Crippen LogP contribution is 2.37. The Labute approximate surface area is 115 Å². The fourth-order valence-corrected chi connectivity index (χ4v) is 3.59. The Kier molecular flexibility index (Phi) is 5.70. The molecule has 108 valence electrons. The molecule has 0 spiro atoms. The lowest BCUT2D eigenvalue weighted by atomic mass is 9.71. The predicted octanol–water partition coefficient (Wildman–Crippen LogP) is 5.14. The van der Waals surface area contributed by atoms with Crippen molar-refractivity contribution in [3.8, 4) is 0 Å². The molecule has 0 aliphatic heterocycles. The van der Waals surface area contributed by atoms with E-state index in [9.17, 15) is 0 Å². The van der Waals surface area contributed by atoms with Crippen LogP contribution in [0, 0.1) is 17.3 Å². The first-order chi connectivity index (χ1) is 8.20. The van der Waals surface area contributed by atoms with Crippen LogP contribution in [0.3, 0.4) is 0 Å². The molecule has 1 saturated carbocycles. The van der Waals surface area contributed by atoms with Crippen molar-refractivity contribution in [2.24, 2.45) is 23.0 Å². The van der Waals surface area contributed by atoms with Crippen LogP contribution in [0.1, 0.15) is 86.0 Å². The zero-order valence-electron chi connectivity index (χ0n) is 13.4. The average molecular weight is 253 g/mol. The molecule has 1 heteroatoms. The van der Waals surface area contributed by atoms with Gasteiger partial charge in [0.2, 0.25) is 0 Å². The van der Waals surface area contributed by atoms with E-state index < -0.39 is 0 Å². The van der Waals surface area contributed by atoms with Crippen molar-refractivity contribution >= 4 is 0 Å². The van der Waals surface area contributed by atoms with Gasteiger partial charge in [-0.1, -0.05) is 53.9 Å². The summed E-state index contributed by atoms with van der Waals surface area (Å²) in [5.74, 6) is 1.71. The van der Waals surface area contributed by atoms with Crippen molar-refractivity contribution in [3.63, 3.8) is 0 Å². The van der Waals surface area contributed by atoms with E-state index in [2.05, 4.69) is 34.6 Å². The van der Waals surface area contributed by atoms with Gasteiger partial charge in [-0.15, -0.1) is 0 Å². The zero-order chi connectivity index (χ0) is 13.8. The first-order valence-corrected chi connectivity index (χ1v) is 7.99. The molecular weight excluding hydrogens is 218 g/mol. The molecule has 0 bridgehead atoms. The van der Waals surface area contributed by atoms with E-state index >= 15 is 0 Å². The van der Waals surface area contributed by atoms with Gasteiger partial charge in [0.1, 0.15) is 0 Å². The summed E-state index contributed by atoms with van der Waals surface area (Å²) in [6, 6.07) is 0. The van der Waals surface area contributed by atoms with E-state index in [0.717, 1.165) is 11.8 Å². The van der Waals surface area contributed by atoms with Crippen LogP contribution < -0.4 is 5.73 Å². The molecule has 1 aliphatic carbocycles. The Bertz CT molecular complexity index is 238. The first kappa shape index (κ1) is 16.0. The molecule has 0 saturated heterocycles. The molecule has 0 radical (unpaired) electrons. The van der Waals surface area contributed by atoms with Crippen LogP contribution in [0.2, 0.25) is 0 Å². The highest BCUT2D eigenvalue weighted by molar-refractivity contribution is 4.91. The highest BCUT2D eigenvalue weighted by Gasteiger charge is 2.32. The van der Waals surface area contributed by atoms with Crippen LogP contribution in [-0.2, 0) is 0 Å². The number of nitrogens with two attached hydrogens (primary N) is 1. The summed E-state index contributed by atoms with van der Waals surface area (Å²) in [7, 11) is 0. The summed E-state index contributed by atoms with van der Waals surface area (Å²) in [5, 5.41) is 0. The lowest BCUT2D eigenvalue weighted by Crippen LogP contribution is -2.44. The van der Waals surface area contributed by atoms with E-state index in [1.54, 1.807) is 0 Å². The summed E-state index contributed by atoms with van der Waals surface area (Å²) in [4.78, 5) is 0. The first-order valence-electron chi connectivity index (χ1n) is 7.99. The maximum atomic E-state index is 6.65. The predicted molar refractivity (Wildman–Crippen MR) is 81.6 cm³/mol. The molecule has 1 fully saturated rings. The van der Waals surface area contributed by atoms with Gasteiger partial charge in [0.05, 0.1) is 0 Å². The number of hydrogen-bond donors (Lipinski definition) is 1. The molecule has 1 nitrogen and oxygen atoms in total. The Morgan fingerprint density at radius 1 is 1.28 bits per heavy atom. The maximum absolute atomic E-state index is 6.65. The summed E-state index contributed by atoms with van der Waals surface area (Å²) in [6.07, 6.45) is 10.5. The van der Waals surface area contributed by atoms with Crippen LogP contribution in [0.15, 0.2) is 0 Å². The molecule has 0 amide bonds. The van der Waals surface area contributed by atoms with Crippen LogP contribution in [0.25, 0.3) is 0 Å². The molecule has 0 aromatic carbocycles. The van der Waals surface area contributed by atoms with Crippen LogP contribution in [0.5, 0.6) is 0 Å².